The van der Waals surface area contributed by atoms with Gasteiger partial charge in [0.2, 0.25) is 0 Å². The van der Waals surface area contributed by atoms with Crippen LogP contribution < -0.4 is 22.5 Å². The number of anilines is 2. The average Bonchev–Trinajstić information content (AvgIpc) is 2.35. The van der Waals surface area contributed by atoms with Gasteiger partial charge in [-0.3, -0.25) is 9.11 Å². The van der Waals surface area contributed by atoms with Crippen LogP contribution >= 0.6 is 0 Å². The van der Waals surface area contributed by atoms with Crippen LogP contribution in [0.1, 0.15) is 0 Å². The standard InChI is InChI=1S/C8H10N6.H2O4S.H2O/c9-11-7-5-3-1-2-4-6(5)8(12-10)14-13-7;1-5(2,3)4;/h1-4H,9-10H2,(H,11,13)(H,12,14);(H2,1,2,3,4);1H2. The summed E-state index contributed by atoms with van der Waals surface area (Å²) in [6.45, 7) is 0. The van der Waals surface area contributed by atoms with Gasteiger partial charge in [0, 0.05) is 10.8 Å². The minimum Gasteiger partial charge on any atom is -0.412 e. The van der Waals surface area contributed by atoms with Gasteiger partial charge in [0.25, 0.3) is 0 Å². The number of nitrogens with one attached hydrogen (secondary N) is 2. The van der Waals surface area contributed by atoms with Crippen LogP contribution in [-0.2, 0) is 10.4 Å². The number of hydrazine groups is 2. The normalized spacial score (nSPS) is 10.0. The molecule has 0 bridgehead atoms. The summed E-state index contributed by atoms with van der Waals surface area (Å²) in [5, 5.41) is 9.48. The Labute approximate surface area is 113 Å². The Hall–Kier alpha value is -2.09. The van der Waals surface area contributed by atoms with E-state index in [4.69, 9.17) is 29.2 Å². The van der Waals surface area contributed by atoms with Crippen LogP contribution in [-0.4, -0.2) is 33.2 Å². The summed E-state index contributed by atoms with van der Waals surface area (Å²) < 4.78 is 31.6. The van der Waals surface area contributed by atoms with Gasteiger partial charge in [-0.05, 0) is 0 Å². The number of rotatable bonds is 2. The molecule has 112 valence electrons. The van der Waals surface area contributed by atoms with Crippen molar-refractivity contribution in [1.82, 2.24) is 10.2 Å². The van der Waals surface area contributed by atoms with E-state index in [0.717, 1.165) is 10.8 Å². The molecular weight excluding hydrogens is 292 g/mol. The first-order chi connectivity index (χ1) is 8.86. The van der Waals surface area contributed by atoms with Crippen molar-refractivity contribution in [2.75, 3.05) is 10.9 Å². The predicted octanol–water partition coefficient (Wildman–Crippen LogP) is -1.28. The number of nitrogens with zero attached hydrogens (tertiary/aromatic N) is 2. The molecule has 0 aliphatic rings. The fourth-order valence-electron chi connectivity index (χ4n) is 1.32. The molecule has 0 fully saturated rings. The SMILES string of the molecule is NNc1nnc(NN)c2ccccc12.O.O=S(=O)(O)O. The zero-order valence-corrected chi connectivity index (χ0v) is 10.8. The highest BCUT2D eigenvalue weighted by Gasteiger charge is 2.05. The lowest BCUT2D eigenvalue weighted by molar-refractivity contribution is 0.381. The predicted molar refractivity (Wildman–Crippen MR) is 72.9 cm³/mol. The molecule has 0 spiro atoms. The van der Waals surface area contributed by atoms with Gasteiger partial charge >= 0.3 is 10.4 Å². The van der Waals surface area contributed by atoms with Gasteiger partial charge in [-0.15, -0.1) is 10.2 Å². The third-order valence-corrected chi connectivity index (χ3v) is 1.96. The lowest BCUT2D eigenvalue weighted by Crippen LogP contribution is -2.13. The first-order valence-electron chi connectivity index (χ1n) is 4.75. The largest absolute Gasteiger partial charge is 0.412 e. The second-order valence-electron chi connectivity index (χ2n) is 3.18. The van der Waals surface area contributed by atoms with E-state index >= 15 is 0 Å². The molecular formula is C8H14N6O5S. The van der Waals surface area contributed by atoms with E-state index in [1.54, 1.807) is 0 Å². The van der Waals surface area contributed by atoms with Gasteiger partial charge in [0.1, 0.15) is 0 Å². The maximum absolute atomic E-state index is 8.74. The molecule has 0 saturated heterocycles. The number of nitrogens with two attached hydrogens (primary N) is 2. The van der Waals surface area contributed by atoms with Gasteiger partial charge in [-0.2, -0.15) is 8.42 Å². The molecule has 0 unspecified atom stereocenters. The van der Waals surface area contributed by atoms with Gasteiger partial charge < -0.3 is 16.3 Å². The maximum atomic E-state index is 8.74. The second-order valence-corrected chi connectivity index (χ2v) is 4.07. The number of aromatic nitrogens is 2. The molecule has 0 aliphatic carbocycles. The van der Waals surface area contributed by atoms with E-state index in [9.17, 15) is 0 Å². The zero-order valence-electron chi connectivity index (χ0n) is 9.98. The molecule has 0 atom stereocenters. The van der Waals surface area contributed by atoms with Crippen molar-refractivity contribution in [1.29, 1.82) is 0 Å². The number of hydrogen-bond donors (Lipinski definition) is 6. The Morgan fingerprint density at radius 3 is 1.50 bits per heavy atom. The molecule has 2 aromatic rings. The zero-order chi connectivity index (χ0) is 14.5. The monoisotopic (exact) mass is 306 g/mol. The Morgan fingerprint density at radius 1 is 0.950 bits per heavy atom. The van der Waals surface area contributed by atoms with Crippen molar-refractivity contribution in [3.05, 3.63) is 24.3 Å². The number of nitrogen functional groups attached to an aromatic ring is 2. The highest BCUT2D eigenvalue weighted by atomic mass is 32.3. The quantitative estimate of drug-likeness (QED) is 0.220. The molecule has 0 radical (unpaired) electrons. The third kappa shape index (κ3) is 5.27. The van der Waals surface area contributed by atoms with E-state index in [0.29, 0.717) is 11.6 Å². The number of fused-ring (bicyclic) bond motifs is 1. The molecule has 1 aromatic carbocycles. The summed E-state index contributed by atoms with van der Waals surface area (Å²) in [5.74, 6) is 11.7. The number of benzene rings is 1. The van der Waals surface area contributed by atoms with Crippen molar-refractivity contribution < 1.29 is 23.0 Å². The fourth-order valence-corrected chi connectivity index (χ4v) is 1.32. The Kier molecular flexibility index (Phi) is 6.70. The van der Waals surface area contributed by atoms with Crippen molar-refractivity contribution in [2.45, 2.75) is 0 Å². The van der Waals surface area contributed by atoms with E-state index in [2.05, 4.69) is 21.0 Å². The van der Waals surface area contributed by atoms with E-state index < -0.39 is 10.4 Å². The van der Waals surface area contributed by atoms with Crippen molar-refractivity contribution >= 4 is 32.8 Å². The summed E-state index contributed by atoms with van der Waals surface area (Å²) in [6.07, 6.45) is 0. The summed E-state index contributed by atoms with van der Waals surface area (Å²) >= 11 is 0. The van der Waals surface area contributed by atoms with Crippen LogP contribution in [0.2, 0.25) is 0 Å². The fraction of sp³-hybridized carbons (Fsp3) is 0. The van der Waals surface area contributed by atoms with Gasteiger partial charge in [-0.25, -0.2) is 11.7 Å². The minimum atomic E-state index is -4.67. The molecule has 10 N–H and O–H groups in total. The summed E-state index contributed by atoms with van der Waals surface area (Å²) in [5.41, 5.74) is 4.96. The summed E-state index contributed by atoms with van der Waals surface area (Å²) in [4.78, 5) is 0. The molecule has 0 amide bonds. The Bertz CT molecular complexity index is 613. The first-order valence-corrected chi connectivity index (χ1v) is 6.15. The molecule has 0 saturated carbocycles. The highest BCUT2D eigenvalue weighted by Crippen LogP contribution is 2.24. The van der Waals surface area contributed by atoms with Crippen molar-refractivity contribution in [3.8, 4) is 0 Å². The highest BCUT2D eigenvalue weighted by molar-refractivity contribution is 7.79. The van der Waals surface area contributed by atoms with Crippen molar-refractivity contribution in [2.24, 2.45) is 11.7 Å². The summed E-state index contributed by atoms with van der Waals surface area (Å²) in [7, 11) is -4.67. The van der Waals surface area contributed by atoms with Gasteiger partial charge in [-0.1, -0.05) is 24.3 Å². The van der Waals surface area contributed by atoms with Crippen LogP contribution in [0.25, 0.3) is 10.8 Å². The van der Waals surface area contributed by atoms with E-state index in [-0.39, 0.29) is 5.48 Å². The van der Waals surface area contributed by atoms with E-state index in [1.807, 2.05) is 24.3 Å². The van der Waals surface area contributed by atoms with Crippen LogP contribution in [0.4, 0.5) is 11.6 Å². The first kappa shape index (κ1) is 17.9. The molecule has 1 heterocycles. The minimum absolute atomic E-state index is 0. The molecule has 12 heteroatoms. The van der Waals surface area contributed by atoms with Crippen LogP contribution in [0.15, 0.2) is 24.3 Å². The van der Waals surface area contributed by atoms with E-state index in [1.165, 1.54) is 0 Å². The Morgan fingerprint density at radius 2 is 1.25 bits per heavy atom. The summed E-state index contributed by atoms with van der Waals surface area (Å²) in [6, 6.07) is 7.57. The smallest absolute Gasteiger partial charge is 0.394 e. The molecule has 1 aromatic heterocycles. The van der Waals surface area contributed by atoms with Gasteiger partial charge in [0.05, 0.1) is 0 Å². The third-order valence-electron chi connectivity index (χ3n) is 1.96. The van der Waals surface area contributed by atoms with Crippen LogP contribution in [0.5, 0.6) is 0 Å². The van der Waals surface area contributed by atoms with Gasteiger partial charge in [0.15, 0.2) is 11.6 Å². The second kappa shape index (κ2) is 7.49. The lowest BCUT2D eigenvalue weighted by Gasteiger charge is -2.06. The van der Waals surface area contributed by atoms with Crippen LogP contribution in [0.3, 0.4) is 0 Å². The topological polar surface area (TPSA) is 208 Å². The van der Waals surface area contributed by atoms with Crippen molar-refractivity contribution in [3.63, 3.8) is 0 Å². The lowest BCUT2D eigenvalue weighted by atomic mass is 10.2. The molecule has 0 aliphatic heterocycles. The molecule has 11 nitrogen and oxygen atoms in total. The molecule has 20 heavy (non-hydrogen) atoms. The Balaban J connectivity index is 0.000000526. The number of hydrogen-bond acceptors (Lipinski definition) is 8. The molecule has 2 rings (SSSR count). The average molecular weight is 306 g/mol. The van der Waals surface area contributed by atoms with Crippen LogP contribution in [0, 0.1) is 0 Å². The maximum Gasteiger partial charge on any atom is 0.394 e.